The first-order valence-corrected chi connectivity index (χ1v) is 5.85. The Labute approximate surface area is 107 Å². The monoisotopic (exact) mass is 261 g/mol. The summed E-state index contributed by atoms with van der Waals surface area (Å²) in [6, 6.07) is 3.28. The molecule has 0 atom stereocenters. The van der Waals surface area contributed by atoms with Crippen LogP contribution < -0.4 is 0 Å². The molecule has 0 heterocycles. The lowest BCUT2D eigenvalue weighted by molar-refractivity contribution is 0.166. The van der Waals surface area contributed by atoms with E-state index in [1.807, 2.05) is 7.05 Å². The third-order valence-corrected chi connectivity index (χ3v) is 3.17. The Morgan fingerprint density at radius 3 is 2.31 bits per heavy atom. The predicted octanol–water partition coefficient (Wildman–Crippen LogP) is 3.93. The summed E-state index contributed by atoms with van der Waals surface area (Å²) in [6.45, 7) is 6.93. The van der Waals surface area contributed by atoms with Gasteiger partial charge < -0.3 is 5.11 Å². The average Bonchev–Trinajstić information content (AvgIpc) is 2.11. The first kappa shape index (κ1) is 13.6. The molecule has 1 rings (SSSR count). The number of phenols is 1. The molecule has 0 aliphatic carbocycles. The highest BCUT2D eigenvalue weighted by Crippen LogP contribution is 2.32. The van der Waals surface area contributed by atoms with E-state index in [1.54, 1.807) is 12.1 Å². The second-order valence-corrected chi connectivity index (χ2v) is 5.77. The van der Waals surface area contributed by atoms with Crippen molar-refractivity contribution in [2.24, 2.45) is 0 Å². The van der Waals surface area contributed by atoms with Crippen LogP contribution in [0.3, 0.4) is 0 Å². The lowest BCUT2D eigenvalue weighted by atomic mass is 10.1. The fourth-order valence-electron chi connectivity index (χ4n) is 1.23. The first-order valence-electron chi connectivity index (χ1n) is 5.10. The predicted molar refractivity (Wildman–Crippen MR) is 69.3 cm³/mol. The number of halogens is 2. The van der Waals surface area contributed by atoms with Gasteiger partial charge in [0.05, 0.1) is 5.02 Å². The fraction of sp³-hybridized carbons (Fsp3) is 0.500. The minimum absolute atomic E-state index is 0.0290. The molecule has 0 aliphatic rings. The van der Waals surface area contributed by atoms with Gasteiger partial charge >= 0.3 is 0 Å². The summed E-state index contributed by atoms with van der Waals surface area (Å²) in [7, 11) is 1.99. The molecule has 1 aromatic carbocycles. The van der Waals surface area contributed by atoms with Gasteiger partial charge in [0.25, 0.3) is 0 Å². The Hall–Kier alpha value is -0.440. The standard InChI is InChI=1S/C12H17Cl2NO/c1-12(2,3)15(4)7-8-5-9(13)6-10(14)11(8)16/h5-6,16H,7H2,1-4H3. The number of benzene rings is 1. The average molecular weight is 262 g/mol. The molecule has 0 saturated carbocycles. The number of nitrogens with zero attached hydrogens (tertiary/aromatic N) is 1. The van der Waals surface area contributed by atoms with Gasteiger partial charge in [-0.05, 0) is 40.0 Å². The summed E-state index contributed by atoms with van der Waals surface area (Å²) < 4.78 is 0. The van der Waals surface area contributed by atoms with Crippen LogP contribution in [0, 0.1) is 0 Å². The summed E-state index contributed by atoms with van der Waals surface area (Å²) >= 11 is 11.8. The molecule has 2 nitrogen and oxygen atoms in total. The van der Waals surface area contributed by atoms with E-state index >= 15 is 0 Å². The molecule has 4 heteroatoms. The molecule has 0 aromatic heterocycles. The fourth-order valence-corrected chi connectivity index (χ4v) is 1.77. The normalized spacial score (nSPS) is 12.2. The summed E-state index contributed by atoms with van der Waals surface area (Å²) in [5.41, 5.74) is 0.774. The van der Waals surface area contributed by atoms with Crippen LogP contribution in [0.25, 0.3) is 0 Å². The molecular weight excluding hydrogens is 245 g/mol. The topological polar surface area (TPSA) is 23.5 Å². The van der Waals surface area contributed by atoms with Gasteiger partial charge in [-0.25, -0.2) is 0 Å². The van der Waals surface area contributed by atoms with Crippen LogP contribution in [0.5, 0.6) is 5.75 Å². The van der Waals surface area contributed by atoms with Crippen molar-refractivity contribution in [1.82, 2.24) is 4.90 Å². The van der Waals surface area contributed by atoms with E-state index in [9.17, 15) is 5.11 Å². The van der Waals surface area contributed by atoms with Crippen LogP contribution in [0.4, 0.5) is 0 Å². The van der Waals surface area contributed by atoms with Crippen LogP contribution >= 0.6 is 23.2 Å². The van der Waals surface area contributed by atoms with Gasteiger partial charge in [-0.15, -0.1) is 0 Å². The highest BCUT2D eigenvalue weighted by Gasteiger charge is 2.19. The van der Waals surface area contributed by atoms with Gasteiger partial charge in [0.15, 0.2) is 0 Å². The Morgan fingerprint density at radius 1 is 1.25 bits per heavy atom. The molecule has 0 radical (unpaired) electrons. The van der Waals surface area contributed by atoms with Crippen molar-refractivity contribution in [1.29, 1.82) is 0 Å². The van der Waals surface area contributed by atoms with Gasteiger partial charge in [-0.3, -0.25) is 4.90 Å². The Balaban J connectivity index is 2.98. The van der Waals surface area contributed by atoms with E-state index in [-0.39, 0.29) is 11.3 Å². The van der Waals surface area contributed by atoms with Crippen molar-refractivity contribution >= 4 is 23.2 Å². The number of phenolic OH excluding ortho intramolecular Hbond substituents is 1. The minimum atomic E-state index is 0.0290. The number of rotatable bonds is 2. The van der Waals surface area contributed by atoms with Crippen LogP contribution in [0.2, 0.25) is 10.0 Å². The van der Waals surface area contributed by atoms with E-state index < -0.39 is 0 Å². The maximum Gasteiger partial charge on any atom is 0.138 e. The van der Waals surface area contributed by atoms with E-state index in [0.717, 1.165) is 5.56 Å². The van der Waals surface area contributed by atoms with Gasteiger partial charge in [0.1, 0.15) is 5.75 Å². The molecule has 90 valence electrons. The molecule has 0 aliphatic heterocycles. The lowest BCUT2D eigenvalue weighted by Gasteiger charge is -2.32. The second-order valence-electron chi connectivity index (χ2n) is 4.92. The van der Waals surface area contributed by atoms with Crippen molar-refractivity contribution in [3.63, 3.8) is 0 Å². The van der Waals surface area contributed by atoms with Crippen LogP contribution in [0.15, 0.2) is 12.1 Å². The zero-order valence-corrected chi connectivity index (χ0v) is 11.5. The summed E-state index contributed by atoms with van der Waals surface area (Å²) in [5.74, 6) is 0.113. The highest BCUT2D eigenvalue weighted by molar-refractivity contribution is 6.35. The van der Waals surface area contributed by atoms with Crippen molar-refractivity contribution in [2.75, 3.05) is 7.05 Å². The maximum atomic E-state index is 9.82. The third-order valence-electron chi connectivity index (χ3n) is 2.66. The molecule has 1 aromatic rings. The van der Waals surface area contributed by atoms with Crippen molar-refractivity contribution < 1.29 is 5.11 Å². The molecule has 0 unspecified atom stereocenters. The lowest BCUT2D eigenvalue weighted by Crippen LogP contribution is -2.37. The molecule has 0 fully saturated rings. The van der Waals surface area contributed by atoms with E-state index in [2.05, 4.69) is 25.7 Å². The molecule has 16 heavy (non-hydrogen) atoms. The molecule has 0 bridgehead atoms. The SMILES string of the molecule is CN(Cc1cc(Cl)cc(Cl)c1O)C(C)(C)C. The zero-order chi connectivity index (χ0) is 12.5. The van der Waals surface area contributed by atoms with Gasteiger partial charge in [0.2, 0.25) is 0 Å². The summed E-state index contributed by atoms with van der Waals surface area (Å²) in [6.07, 6.45) is 0. The Morgan fingerprint density at radius 2 is 1.81 bits per heavy atom. The number of hydrogen-bond acceptors (Lipinski definition) is 2. The smallest absolute Gasteiger partial charge is 0.138 e. The molecular formula is C12H17Cl2NO. The first-order chi connectivity index (χ1) is 7.21. The molecule has 0 spiro atoms. The Bertz CT molecular complexity index is 385. The van der Waals surface area contributed by atoms with E-state index in [4.69, 9.17) is 23.2 Å². The van der Waals surface area contributed by atoms with Crippen LogP contribution in [0.1, 0.15) is 26.3 Å². The number of aromatic hydroxyl groups is 1. The van der Waals surface area contributed by atoms with Crippen molar-refractivity contribution in [3.8, 4) is 5.75 Å². The van der Waals surface area contributed by atoms with E-state index in [1.165, 1.54) is 0 Å². The van der Waals surface area contributed by atoms with Crippen molar-refractivity contribution in [3.05, 3.63) is 27.7 Å². The van der Waals surface area contributed by atoms with Crippen LogP contribution in [-0.4, -0.2) is 22.6 Å². The van der Waals surface area contributed by atoms with Gasteiger partial charge in [-0.2, -0.15) is 0 Å². The molecule has 0 saturated heterocycles. The van der Waals surface area contributed by atoms with Gasteiger partial charge in [-0.1, -0.05) is 23.2 Å². The van der Waals surface area contributed by atoms with E-state index in [0.29, 0.717) is 16.6 Å². The van der Waals surface area contributed by atoms with Crippen LogP contribution in [-0.2, 0) is 6.54 Å². The number of hydrogen-bond donors (Lipinski definition) is 1. The quantitative estimate of drug-likeness (QED) is 0.872. The van der Waals surface area contributed by atoms with Gasteiger partial charge in [0, 0.05) is 22.7 Å². The Kier molecular flexibility index (Phi) is 4.11. The zero-order valence-electron chi connectivity index (χ0n) is 10.0. The maximum absolute atomic E-state index is 9.82. The minimum Gasteiger partial charge on any atom is -0.506 e. The largest absolute Gasteiger partial charge is 0.506 e. The second kappa shape index (κ2) is 4.82. The highest BCUT2D eigenvalue weighted by atomic mass is 35.5. The van der Waals surface area contributed by atoms with Crippen molar-refractivity contribution in [2.45, 2.75) is 32.9 Å². The summed E-state index contributed by atoms with van der Waals surface area (Å²) in [4.78, 5) is 2.12. The molecule has 1 N–H and O–H groups in total. The summed E-state index contributed by atoms with van der Waals surface area (Å²) in [5, 5.41) is 10.7. The third kappa shape index (κ3) is 3.27. The molecule has 0 amide bonds.